The van der Waals surface area contributed by atoms with E-state index in [1.807, 2.05) is 0 Å². The van der Waals surface area contributed by atoms with Gasteiger partial charge in [0.15, 0.2) is 10.1 Å². The standard InChI is InChI=1S/C7H8Cl2O/c8-7(9)5(3-6(7)10)4-1-2-4/h4-5H,1-3H2. The molecule has 2 rings (SSSR count). The van der Waals surface area contributed by atoms with Crippen molar-refractivity contribution in [3.63, 3.8) is 0 Å². The van der Waals surface area contributed by atoms with Gasteiger partial charge in [0.25, 0.3) is 0 Å². The van der Waals surface area contributed by atoms with Crippen LogP contribution in [0, 0.1) is 11.8 Å². The van der Waals surface area contributed by atoms with E-state index in [4.69, 9.17) is 23.2 Å². The summed E-state index contributed by atoms with van der Waals surface area (Å²) in [5, 5.41) is 0. The first-order chi connectivity index (χ1) is 4.62. The smallest absolute Gasteiger partial charge is 0.179 e. The molecule has 56 valence electrons. The summed E-state index contributed by atoms with van der Waals surface area (Å²) in [6.07, 6.45) is 3.02. The number of carbonyl (C=O) groups is 1. The number of halogens is 2. The fourth-order valence-electron chi connectivity index (χ4n) is 1.50. The number of rotatable bonds is 1. The van der Waals surface area contributed by atoms with Gasteiger partial charge in [-0.3, -0.25) is 4.79 Å². The minimum Gasteiger partial charge on any atom is -0.296 e. The normalized spacial score (nSPS) is 37.4. The topological polar surface area (TPSA) is 17.1 Å². The molecule has 10 heavy (non-hydrogen) atoms. The highest BCUT2D eigenvalue weighted by molar-refractivity contribution is 6.60. The molecule has 0 spiro atoms. The summed E-state index contributed by atoms with van der Waals surface area (Å²) >= 11 is 11.5. The van der Waals surface area contributed by atoms with Crippen LogP contribution >= 0.6 is 23.2 Å². The molecule has 0 bridgehead atoms. The highest BCUT2D eigenvalue weighted by Gasteiger charge is 2.57. The van der Waals surface area contributed by atoms with E-state index in [1.165, 1.54) is 12.8 Å². The van der Waals surface area contributed by atoms with Gasteiger partial charge in [0.05, 0.1) is 0 Å². The Morgan fingerprint density at radius 2 is 2.00 bits per heavy atom. The Bertz CT molecular complexity index is 184. The minimum absolute atomic E-state index is 0.00716. The maximum atomic E-state index is 10.8. The molecule has 0 aliphatic heterocycles. The van der Waals surface area contributed by atoms with E-state index in [0.29, 0.717) is 12.3 Å². The molecule has 1 nitrogen and oxygen atoms in total. The second-order valence-electron chi connectivity index (χ2n) is 3.19. The highest BCUT2D eigenvalue weighted by Crippen LogP contribution is 2.55. The Hall–Kier alpha value is 0.250. The van der Waals surface area contributed by atoms with Gasteiger partial charge in [-0.1, -0.05) is 23.2 Å². The van der Waals surface area contributed by atoms with E-state index in [1.54, 1.807) is 0 Å². The lowest BCUT2D eigenvalue weighted by molar-refractivity contribution is -0.128. The van der Waals surface area contributed by atoms with E-state index in [9.17, 15) is 4.79 Å². The van der Waals surface area contributed by atoms with Crippen LogP contribution in [0.25, 0.3) is 0 Å². The number of hydrogen-bond acceptors (Lipinski definition) is 1. The Morgan fingerprint density at radius 1 is 1.40 bits per heavy atom. The maximum Gasteiger partial charge on any atom is 0.179 e. The summed E-state index contributed by atoms with van der Waals surface area (Å²) < 4.78 is -1.01. The summed E-state index contributed by atoms with van der Waals surface area (Å²) in [4.78, 5) is 10.8. The number of Topliss-reactive ketones (excluding diaryl/α,β-unsaturated/α-hetero) is 1. The van der Waals surface area contributed by atoms with Crippen molar-refractivity contribution in [2.45, 2.75) is 23.6 Å². The van der Waals surface area contributed by atoms with Crippen LogP contribution in [-0.2, 0) is 4.79 Å². The third kappa shape index (κ3) is 0.802. The number of ketones is 1. The van der Waals surface area contributed by atoms with Crippen molar-refractivity contribution in [2.75, 3.05) is 0 Å². The van der Waals surface area contributed by atoms with Gasteiger partial charge in [-0.25, -0.2) is 0 Å². The summed E-state index contributed by atoms with van der Waals surface area (Å²) in [6, 6.07) is 0. The van der Waals surface area contributed by atoms with Crippen molar-refractivity contribution < 1.29 is 4.79 Å². The first kappa shape index (κ1) is 6.93. The molecule has 0 amide bonds. The molecule has 0 saturated heterocycles. The van der Waals surface area contributed by atoms with Gasteiger partial charge in [0.1, 0.15) is 0 Å². The van der Waals surface area contributed by atoms with Crippen LogP contribution in [0.4, 0.5) is 0 Å². The van der Waals surface area contributed by atoms with E-state index >= 15 is 0 Å². The molecule has 2 fully saturated rings. The Labute approximate surface area is 69.7 Å². The number of carbonyl (C=O) groups excluding carboxylic acids is 1. The molecule has 0 radical (unpaired) electrons. The van der Waals surface area contributed by atoms with E-state index < -0.39 is 4.33 Å². The van der Waals surface area contributed by atoms with Crippen LogP contribution in [0.15, 0.2) is 0 Å². The summed E-state index contributed by atoms with van der Waals surface area (Å²) in [5.41, 5.74) is 0. The lowest BCUT2D eigenvalue weighted by Crippen LogP contribution is -2.48. The van der Waals surface area contributed by atoms with Gasteiger partial charge in [0, 0.05) is 12.3 Å². The van der Waals surface area contributed by atoms with E-state index in [0.717, 1.165) is 0 Å². The first-order valence-electron chi connectivity index (χ1n) is 3.53. The number of hydrogen-bond donors (Lipinski definition) is 0. The second-order valence-corrected chi connectivity index (χ2v) is 4.58. The molecule has 2 aliphatic carbocycles. The first-order valence-corrected chi connectivity index (χ1v) is 4.29. The molecular weight excluding hydrogens is 171 g/mol. The summed E-state index contributed by atoms with van der Waals surface area (Å²) in [7, 11) is 0. The lowest BCUT2D eigenvalue weighted by Gasteiger charge is -2.37. The Kier molecular flexibility index (Phi) is 1.31. The van der Waals surface area contributed by atoms with Crippen LogP contribution < -0.4 is 0 Å². The molecule has 0 aromatic rings. The van der Waals surface area contributed by atoms with Gasteiger partial charge >= 0.3 is 0 Å². The van der Waals surface area contributed by atoms with Gasteiger partial charge in [0.2, 0.25) is 0 Å². The predicted octanol–water partition coefficient (Wildman–Crippen LogP) is 2.16. The molecule has 1 unspecified atom stereocenters. The second kappa shape index (κ2) is 1.89. The van der Waals surface area contributed by atoms with Crippen LogP contribution in [-0.4, -0.2) is 10.1 Å². The van der Waals surface area contributed by atoms with Gasteiger partial charge in [-0.2, -0.15) is 0 Å². The molecule has 3 heteroatoms. The molecule has 0 heterocycles. The lowest BCUT2D eigenvalue weighted by atomic mass is 9.79. The van der Waals surface area contributed by atoms with Crippen molar-refractivity contribution in [1.82, 2.24) is 0 Å². The zero-order valence-corrected chi connectivity index (χ0v) is 6.95. The van der Waals surface area contributed by atoms with Crippen molar-refractivity contribution in [3.8, 4) is 0 Å². The quantitative estimate of drug-likeness (QED) is 0.563. The van der Waals surface area contributed by atoms with Crippen LogP contribution in [0.3, 0.4) is 0 Å². The third-order valence-electron chi connectivity index (χ3n) is 2.43. The van der Waals surface area contributed by atoms with Crippen LogP contribution in [0.1, 0.15) is 19.3 Å². The number of alkyl halides is 2. The largest absolute Gasteiger partial charge is 0.296 e. The van der Waals surface area contributed by atoms with Gasteiger partial charge < -0.3 is 0 Å². The zero-order chi connectivity index (χ0) is 7.35. The van der Waals surface area contributed by atoms with E-state index in [-0.39, 0.29) is 11.7 Å². The average molecular weight is 179 g/mol. The maximum absolute atomic E-state index is 10.8. The highest BCUT2D eigenvalue weighted by atomic mass is 35.5. The molecule has 2 aliphatic rings. The summed E-state index contributed by atoms with van der Waals surface area (Å²) in [6.45, 7) is 0. The van der Waals surface area contributed by atoms with Crippen molar-refractivity contribution >= 4 is 29.0 Å². The molecular formula is C7H8Cl2O. The fraction of sp³-hybridized carbons (Fsp3) is 0.857. The van der Waals surface area contributed by atoms with E-state index in [2.05, 4.69) is 0 Å². The Balaban J connectivity index is 2.07. The van der Waals surface area contributed by atoms with Gasteiger partial charge in [-0.05, 0) is 18.8 Å². The van der Waals surface area contributed by atoms with Crippen LogP contribution in [0.2, 0.25) is 0 Å². The molecule has 0 aromatic carbocycles. The average Bonchev–Trinajstić information content (AvgIpc) is 2.64. The van der Waals surface area contributed by atoms with Crippen molar-refractivity contribution in [2.24, 2.45) is 11.8 Å². The molecule has 0 N–H and O–H groups in total. The molecule has 0 aromatic heterocycles. The monoisotopic (exact) mass is 178 g/mol. The minimum atomic E-state index is -1.01. The SMILES string of the molecule is O=C1CC(C2CC2)C1(Cl)Cl. The molecule has 2 saturated carbocycles. The zero-order valence-electron chi connectivity index (χ0n) is 5.44. The summed E-state index contributed by atoms with van der Waals surface area (Å²) in [5.74, 6) is 0.920. The van der Waals surface area contributed by atoms with Gasteiger partial charge in [-0.15, -0.1) is 0 Å². The molecule has 1 atom stereocenters. The van der Waals surface area contributed by atoms with Crippen LogP contribution in [0.5, 0.6) is 0 Å². The predicted molar refractivity (Wildman–Crippen MR) is 40.3 cm³/mol. The fourth-order valence-corrected chi connectivity index (χ4v) is 2.17. The third-order valence-corrected chi connectivity index (χ3v) is 3.42. The van der Waals surface area contributed by atoms with Crippen molar-refractivity contribution in [1.29, 1.82) is 0 Å². The van der Waals surface area contributed by atoms with Crippen molar-refractivity contribution in [3.05, 3.63) is 0 Å². The Morgan fingerprint density at radius 3 is 2.30 bits per heavy atom.